The molecule has 0 bridgehead atoms. The minimum absolute atomic E-state index is 0.0257. The van der Waals surface area contributed by atoms with Crippen LogP contribution in [0.1, 0.15) is 27.2 Å². The van der Waals surface area contributed by atoms with Gasteiger partial charge in [-0.05, 0) is 38.5 Å². The van der Waals surface area contributed by atoms with E-state index in [2.05, 4.69) is 22.1 Å². The van der Waals surface area contributed by atoms with Crippen LogP contribution in [0.15, 0.2) is 23.6 Å². The third-order valence-electron chi connectivity index (χ3n) is 4.28. The first-order valence-electron chi connectivity index (χ1n) is 8.52. The smallest absolute Gasteiger partial charge is 0.239 e. The van der Waals surface area contributed by atoms with Crippen LogP contribution in [0, 0.1) is 0 Å². The highest BCUT2D eigenvalue weighted by Gasteiger charge is 2.25. The number of thiazole rings is 1. The first-order valence-corrected chi connectivity index (χ1v) is 9.40. The van der Waals surface area contributed by atoms with E-state index in [1.165, 1.54) is 11.3 Å². The summed E-state index contributed by atoms with van der Waals surface area (Å²) in [7, 11) is 0. The topological polar surface area (TPSA) is 80.5 Å². The maximum absolute atomic E-state index is 12.3. The molecule has 1 aliphatic heterocycles. The van der Waals surface area contributed by atoms with Crippen molar-refractivity contribution in [1.82, 2.24) is 10.3 Å². The Morgan fingerprint density at radius 3 is 3.04 bits per heavy atom. The molecule has 7 heteroatoms. The lowest BCUT2D eigenvalue weighted by Gasteiger charge is -2.35. The van der Waals surface area contributed by atoms with Gasteiger partial charge in [0.15, 0.2) is 5.13 Å². The zero-order valence-electron chi connectivity index (χ0n) is 14.8. The van der Waals surface area contributed by atoms with E-state index in [0.717, 1.165) is 29.1 Å². The summed E-state index contributed by atoms with van der Waals surface area (Å²) in [6.07, 6.45) is 0.946. The summed E-state index contributed by atoms with van der Waals surface area (Å²) in [6.45, 7) is 7.07. The molecule has 0 radical (unpaired) electrons. The third kappa shape index (κ3) is 4.04. The van der Waals surface area contributed by atoms with E-state index in [4.69, 9.17) is 10.5 Å². The molecule has 0 aliphatic carbocycles. The van der Waals surface area contributed by atoms with Gasteiger partial charge in [0.1, 0.15) is 11.9 Å². The molecule has 2 heterocycles. The monoisotopic (exact) mass is 360 g/mol. The van der Waals surface area contributed by atoms with Crippen molar-refractivity contribution in [3.05, 3.63) is 23.6 Å². The molecule has 3 N–H and O–H groups in total. The Hall–Kier alpha value is -2.28. The van der Waals surface area contributed by atoms with Crippen LogP contribution < -0.4 is 20.7 Å². The number of anilines is 2. The van der Waals surface area contributed by atoms with Gasteiger partial charge in [-0.25, -0.2) is 4.98 Å². The van der Waals surface area contributed by atoms with Crippen LogP contribution >= 0.6 is 11.3 Å². The van der Waals surface area contributed by atoms with Crippen LogP contribution in [0.5, 0.6) is 5.75 Å². The molecular weight excluding hydrogens is 336 g/mol. The highest BCUT2D eigenvalue weighted by molar-refractivity contribution is 7.13. The SMILES string of the molecule is CCC(C)NC(=O)CN1CC(C)Oc2ccc(-c3csc(N)n3)cc21. The van der Waals surface area contributed by atoms with E-state index in [9.17, 15) is 4.79 Å². The lowest BCUT2D eigenvalue weighted by molar-refractivity contribution is -0.120. The van der Waals surface area contributed by atoms with Crippen molar-refractivity contribution in [1.29, 1.82) is 0 Å². The number of fused-ring (bicyclic) bond motifs is 1. The third-order valence-corrected chi connectivity index (χ3v) is 4.95. The van der Waals surface area contributed by atoms with Crippen molar-refractivity contribution in [2.45, 2.75) is 39.3 Å². The molecule has 1 aliphatic rings. The molecule has 0 saturated carbocycles. The summed E-state index contributed by atoms with van der Waals surface area (Å²) >= 11 is 1.42. The van der Waals surface area contributed by atoms with E-state index in [1.807, 2.05) is 37.4 Å². The molecule has 0 fully saturated rings. The molecule has 1 aromatic heterocycles. The van der Waals surface area contributed by atoms with Gasteiger partial charge in [-0.2, -0.15) is 0 Å². The standard InChI is InChI=1S/C18H24N4O2S/c1-4-11(2)20-17(23)9-22-8-12(3)24-16-6-5-13(7-15(16)22)14-10-25-18(19)21-14/h5-7,10-12H,4,8-9H2,1-3H3,(H2,19,21)(H,20,23). The predicted octanol–water partition coefficient (Wildman–Crippen LogP) is 2.89. The van der Waals surface area contributed by atoms with Gasteiger partial charge in [0.25, 0.3) is 0 Å². The fourth-order valence-corrected chi connectivity index (χ4v) is 3.42. The minimum Gasteiger partial charge on any atom is -0.487 e. The van der Waals surface area contributed by atoms with Crippen molar-refractivity contribution in [2.24, 2.45) is 0 Å². The van der Waals surface area contributed by atoms with Crippen LogP contribution in [-0.2, 0) is 4.79 Å². The van der Waals surface area contributed by atoms with Gasteiger partial charge in [-0.15, -0.1) is 11.3 Å². The summed E-state index contributed by atoms with van der Waals surface area (Å²) < 4.78 is 5.93. The van der Waals surface area contributed by atoms with E-state index in [0.29, 0.717) is 18.2 Å². The molecule has 134 valence electrons. The molecular formula is C18H24N4O2S. The average Bonchev–Trinajstić information content (AvgIpc) is 3.00. The summed E-state index contributed by atoms with van der Waals surface area (Å²) in [5.74, 6) is 0.819. The van der Waals surface area contributed by atoms with Crippen molar-refractivity contribution in [2.75, 3.05) is 23.7 Å². The van der Waals surface area contributed by atoms with Gasteiger partial charge < -0.3 is 20.7 Å². The number of aromatic nitrogens is 1. The number of nitrogens with one attached hydrogen (secondary N) is 1. The second-order valence-electron chi connectivity index (χ2n) is 6.44. The number of benzene rings is 1. The van der Waals surface area contributed by atoms with Gasteiger partial charge in [0.2, 0.25) is 5.91 Å². The molecule has 1 aromatic carbocycles. The number of nitrogens with two attached hydrogens (primary N) is 1. The Labute approximate surface area is 152 Å². The summed E-state index contributed by atoms with van der Waals surface area (Å²) in [4.78, 5) is 18.7. The summed E-state index contributed by atoms with van der Waals surface area (Å²) in [5.41, 5.74) is 8.47. The Morgan fingerprint density at radius 1 is 1.56 bits per heavy atom. The highest BCUT2D eigenvalue weighted by atomic mass is 32.1. The number of carbonyl (C=O) groups excluding carboxylic acids is 1. The molecule has 2 atom stereocenters. The van der Waals surface area contributed by atoms with Gasteiger partial charge in [-0.1, -0.05) is 6.92 Å². The molecule has 2 aromatic rings. The number of ether oxygens (including phenoxy) is 1. The van der Waals surface area contributed by atoms with E-state index in [1.54, 1.807) is 0 Å². The first kappa shape index (κ1) is 17.5. The lowest BCUT2D eigenvalue weighted by atomic mass is 10.1. The molecule has 1 amide bonds. The van der Waals surface area contributed by atoms with E-state index in [-0.39, 0.29) is 18.1 Å². The second-order valence-corrected chi connectivity index (χ2v) is 7.33. The fourth-order valence-electron chi connectivity index (χ4n) is 2.85. The van der Waals surface area contributed by atoms with Crippen molar-refractivity contribution >= 4 is 28.1 Å². The number of hydrogen-bond donors (Lipinski definition) is 2. The molecule has 0 spiro atoms. The van der Waals surface area contributed by atoms with Crippen LogP contribution in [0.3, 0.4) is 0 Å². The maximum Gasteiger partial charge on any atom is 0.239 e. The van der Waals surface area contributed by atoms with Crippen molar-refractivity contribution < 1.29 is 9.53 Å². The van der Waals surface area contributed by atoms with E-state index < -0.39 is 0 Å². The van der Waals surface area contributed by atoms with E-state index >= 15 is 0 Å². The van der Waals surface area contributed by atoms with Crippen molar-refractivity contribution in [3.63, 3.8) is 0 Å². The molecule has 6 nitrogen and oxygen atoms in total. The predicted molar refractivity (Wildman–Crippen MR) is 102 cm³/mol. The second kappa shape index (κ2) is 7.31. The Morgan fingerprint density at radius 2 is 2.36 bits per heavy atom. The summed E-state index contributed by atoms with van der Waals surface area (Å²) in [6, 6.07) is 6.11. The Bertz CT molecular complexity index is 761. The molecule has 2 unspecified atom stereocenters. The zero-order chi connectivity index (χ0) is 18.0. The largest absolute Gasteiger partial charge is 0.487 e. The number of hydrogen-bond acceptors (Lipinski definition) is 6. The molecule has 0 saturated heterocycles. The Balaban J connectivity index is 1.85. The number of nitrogens with zero attached hydrogens (tertiary/aromatic N) is 2. The quantitative estimate of drug-likeness (QED) is 0.857. The first-order chi connectivity index (χ1) is 12.0. The lowest BCUT2D eigenvalue weighted by Crippen LogP contribution is -2.46. The number of amides is 1. The van der Waals surface area contributed by atoms with Gasteiger partial charge >= 0.3 is 0 Å². The van der Waals surface area contributed by atoms with Gasteiger partial charge in [0, 0.05) is 17.0 Å². The maximum atomic E-state index is 12.3. The number of nitrogen functional groups attached to an aromatic ring is 1. The van der Waals surface area contributed by atoms with Crippen LogP contribution in [0.4, 0.5) is 10.8 Å². The molecule has 3 rings (SSSR count). The van der Waals surface area contributed by atoms with Crippen LogP contribution in [0.25, 0.3) is 11.3 Å². The number of rotatable bonds is 5. The average molecular weight is 360 g/mol. The molecule has 25 heavy (non-hydrogen) atoms. The van der Waals surface area contributed by atoms with Gasteiger partial charge in [0.05, 0.1) is 24.5 Å². The normalized spacial score (nSPS) is 17.6. The minimum atomic E-state index is 0.0257. The number of carbonyl (C=O) groups is 1. The summed E-state index contributed by atoms with van der Waals surface area (Å²) in [5, 5.41) is 5.50. The Kier molecular flexibility index (Phi) is 5.13. The van der Waals surface area contributed by atoms with Crippen LogP contribution in [0.2, 0.25) is 0 Å². The fraction of sp³-hybridized carbons (Fsp3) is 0.444. The zero-order valence-corrected chi connectivity index (χ0v) is 15.6. The highest BCUT2D eigenvalue weighted by Crippen LogP contribution is 2.37. The van der Waals surface area contributed by atoms with Crippen molar-refractivity contribution in [3.8, 4) is 17.0 Å². The van der Waals surface area contributed by atoms with Gasteiger partial charge in [-0.3, -0.25) is 4.79 Å². The van der Waals surface area contributed by atoms with Crippen LogP contribution in [-0.4, -0.2) is 36.1 Å².